The van der Waals surface area contributed by atoms with Crippen molar-refractivity contribution in [3.8, 4) is 5.75 Å². The van der Waals surface area contributed by atoms with Gasteiger partial charge in [0.1, 0.15) is 0 Å². The lowest BCUT2D eigenvalue weighted by Crippen LogP contribution is -2.15. The first-order valence-corrected chi connectivity index (χ1v) is 6.88. The maximum absolute atomic E-state index is 13.0. The molecule has 0 aliphatic rings. The van der Waals surface area contributed by atoms with Crippen LogP contribution in [0.2, 0.25) is 0 Å². The van der Waals surface area contributed by atoms with E-state index in [-0.39, 0.29) is 11.2 Å². The van der Waals surface area contributed by atoms with E-state index < -0.39 is 5.82 Å². The second-order valence-corrected chi connectivity index (χ2v) is 4.58. The molecule has 0 aliphatic carbocycles. The number of rotatable bonds is 2. The molecule has 1 aromatic rings. The normalized spacial score (nSPS) is 9.78. The lowest BCUT2D eigenvalue weighted by molar-refractivity contribution is 0.398. The fourth-order valence-corrected chi connectivity index (χ4v) is 1.25. The van der Waals surface area contributed by atoms with E-state index in [0.717, 1.165) is 6.42 Å². The molecule has 0 bridgehead atoms. The molecule has 0 unspecified atom stereocenters. The molecule has 1 aromatic carbocycles. The number of aromatic hydroxyl groups is 1. The van der Waals surface area contributed by atoms with Gasteiger partial charge in [0.2, 0.25) is 0 Å². The molecule has 0 atom stereocenters. The van der Waals surface area contributed by atoms with Gasteiger partial charge in [0.25, 0.3) is 0 Å². The quantitative estimate of drug-likeness (QED) is 0.723. The number of phenolic OH excluding ortho intramolecular Hbond substituents is 1. The highest BCUT2D eigenvalue weighted by Crippen LogP contribution is 2.34. The molecule has 0 saturated carbocycles. The predicted molar refractivity (Wildman–Crippen MR) is 78.7 cm³/mol. The van der Waals surface area contributed by atoms with Crippen molar-refractivity contribution in [3.05, 3.63) is 29.6 Å². The minimum atomic E-state index is -0.543. The second-order valence-electron chi connectivity index (χ2n) is 4.58. The van der Waals surface area contributed by atoms with Gasteiger partial charge >= 0.3 is 0 Å². The molecule has 1 N–H and O–H groups in total. The number of halogens is 1. The number of hydrogen-bond acceptors (Lipinski definition) is 1. The van der Waals surface area contributed by atoms with Gasteiger partial charge < -0.3 is 5.11 Å². The topological polar surface area (TPSA) is 20.2 Å². The van der Waals surface area contributed by atoms with Crippen molar-refractivity contribution in [2.45, 2.75) is 66.7 Å². The molecule has 0 saturated heterocycles. The zero-order chi connectivity index (χ0) is 14.8. The molecule has 0 aliphatic heterocycles. The SMILES string of the molecule is CC.CCC.CCC(C)(C)c1cccc(F)c1O. The minimum absolute atomic E-state index is 0.174. The first kappa shape index (κ1) is 19.3. The van der Waals surface area contributed by atoms with Gasteiger partial charge in [-0.1, -0.05) is 67.0 Å². The predicted octanol–water partition coefficient (Wildman–Crippen LogP) is 5.66. The van der Waals surface area contributed by atoms with E-state index in [1.165, 1.54) is 12.5 Å². The Labute approximate surface area is 112 Å². The van der Waals surface area contributed by atoms with E-state index in [0.29, 0.717) is 5.56 Å². The summed E-state index contributed by atoms with van der Waals surface area (Å²) in [4.78, 5) is 0. The molecule has 0 aromatic heterocycles. The lowest BCUT2D eigenvalue weighted by atomic mass is 9.82. The second kappa shape index (κ2) is 9.93. The molecule has 0 heterocycles. The highest BCUT2D eigenvalue weighted by atomic mass is 19.1. The summed E-state index contributed by atoms with van der Waals surface area (Å²) < 4.78 is 13.0. The summed E-state index contributed by atoms with van der Waals surface area (Å²) >= 11 is 0. The van der Waals surface area contributed by atoms with Crippen molar-refractivity contribution in [1.82, 2.24) is 0 Å². The third kappa shape index (κ3) is 6.04. The molecule has 1 nitrogen and oxygen atoms in total. The van der Waals surface area contributed by atoms with Crippen molar-refractivity contribution in [3.63, 3.8) is 0 Å². The molecule has 106 valence electrons. The van der Waals surface area contributed by atoms with Crippen molar-refractivity contribution < 1.29 is 9.50 Å². The molecular formula is C16H29FO. The lowest BCUT2D eigenvalue weighted by Gasteiger charge is -2.24. The van der Waals surface area contributed by atoms with Crippen LogP contribution in [0.5, 0.6) is 5.75 Å². The average Bonchev–Trinajstić information content (AvgIpc) is 2.36. The van der Waals surface area contributed by atoms with Gasteiger partial charge in [0.05, 0.1) is 0 Å². The molecule has 1 rings (SSSR count). The van der Waals surface area contributed by atoms with Gasteiger partial charge in [-0.3, -0.25) is 0 Å². The van der Waals surface area contributed by atoms with E-state index in [2.05, 4.69) is 13.8 Å². The van der Waals surface area contributed by atoms with Crippen LogP contribution in [0.1, 0.15) is 66.9 Å². The van der Waals surface area contributed by atoms with Gasteiger partial charge in [0.15, 0.2) is 11.6 Å². The molecule has 18 heavy (non-hydrogen) atoms. The maximum atomic E-state index is 13.0. The molecule has 0 amide bonds. The van der Waals surface area contributed by atoms with Crippen LogP contribution in [-0.2, 0) is 5.41 Å². The summed E-state index contributed by atoms with van der Waals surface area (Å²) in [6.07, 6.45) is 2.12. The molecule has 0 fully saturated rings. The van der Waals surface area contributed by atoms with Crippen LogP contribution in [0.25, 0.3) is 0 Å². The maximum Gasteiger partial charge on any atom is 0.165 e. The molecule has 0 radical (unpaired) electrons. The van der Waals surface area contributed by atoms with Gasteiger partial charge in [-0.15, -0.1) is 0 Å². The van der Waals surface area contributed by atoms with Gasteiger partial charge in [0, 0.05) is 5.56 Å². The van der Waals surface area contributed by atoms with Crippen LogP contribution in [-0.4, -0.2) is 5.11 Å². The van der Waals surface area contributed by atoms with E-state index >= 15 is 0 Å². The Hall–Kier alpha value is -1.05. The number of phenols is 1. The fourth-order valence-electron chi connectivity index (χ4n) is 1.25. The largest absolute Gasteiger partial charge is 0.505 e. The van der Waals surface area contributed by atoms with E-state index in [1.807, 2.05) is 34.6 Å². The van der Waals surface area contributed by atoms with Gasteiger partial charge in [-0.05, 0) is 17.9 Å². The molecule has 2 heteroatoms. The first-order valence-electron chi connectivity index (χ1n) is 6.88. The van der Waals surface area contributed by atoms with Crippen LogP contribution in [0, 0.1) is 5.82 Å². The Morgan fingerprint density at radius 2 is 1.56 bits per heavy atom. The third-order valence-corrected chi connectivity index (χ3v) is 2.60. The highest BCUT2D eigenvalue weighted by Gasteiger charge is 2.22. The Kier molecular flexibility index (Phi) is 10.6. The Bertz CT molecular complexity index is 319. The van der Waals surface area contributed by atoms with Crippen molar-refractivity contribution in [2.75, 3.05) is 0 Å². The van der Waals surface area contributed by atoms with Crippen molar-refractivity contribution in [2.24, 2.45) is 0 Å². The van der Waals surface area contributed by atoms with Gasteiger partial charge in [-0.25, -0.2) is 4.39 Å². The number of hydrogen-bond donors (Lipinski definition) is 1. The van der Waals surface area contributed by atoms with Gasteiger partial charge in [-0.2, -0.15) is 0 Å². The third-order valence-electron chi connectivity index (χ3n) is 2.60. The first-order chi connectivity index (χ1) is 8.40. The Morgan fingerprint density at radius 3 is 1.94 bits per heavy atom. The Balaban J connectivity index is 0. The van der Waals surface area contributed by atoms with E-state index in [1.54, 1.807) is 12.1 Å². The molecule has 0 spiro atoms. The summed E-state index contributed by atoms with van der Waals surface area (Å²) in [5.74, 6) is -0.756. The van der Waals surface area contributed by atoms with Crippen LogP contribution in [0.4, 0.5) is 4.39 Å². The van der Waals surface area contributed by atoms with Crippen molar-refractivity contribution >= 4 is 0 Å². The average molecular weight is 256 g/mol. The fraction of sp³-hybridized carbons (Fsp3) is 0.625. The van der Waals surface area contributed by atoms with E-state index in [4.69, 9.17) is 0 Å². The zero-order valence-electron chi connectivity index (χ0n) is 13.0. The summed E-state index contributed by atoms with van der Waals surface area (Å²) in [5, 5.41) is 9.49. The summed E-state index contributed by atoms with van der Waals surface area (Å²) in [5.41, 5.74) is 0.502. The monoisotopic (exact) mass is 256 g/mol. The zero-order valence-corrected chi connectivity index (χ0v) is 13.0. The minimum Gasteiger partial charge on any atom is -0.505 e. The standard InChI is InChI=1S/C11H15FO.C3H8.C2H6/c1-4-11(2,3)8-6-5-7-9(12)10(8)13;1-3-2;1-2/h5-7,13H,4H2,1-3H3;3H2,1-2H3;1-2H3. The smallest absolute Gasteiger partial charge is 0.165 e. The molecular weight excluding hydrogens is 227 g/mol. The summed E-state index contributed by atoms with van der Waals surface area (Å²) in [6.45, 7) is 14.2. The van der Waals surface area contributed by atoms with Crippen LogP contribution in [0.3, 0.4) is 0 Å². The van der Waals surface area contributed by atoms with Crippen LogP contribution >= 0.6 is 0 Å². The highest BCUT2D eigenvalue weighted by molar-refractivity contribution is 5.38. The van der Waals surface area contributed by atoms with Crippen LogP contribution < -0.4 is 0 Å². The number of benzene rings is 1. The van der Waals surface area contributed by atoms with E-state index in [9.17, 15) is 9.50 Å². The summed E-state index contributed by atoms with van der Waals surface area (Å²) in [6, 6.07) is 4.66. The number of para-hydroxylation sites is 1. The van der Waals surface area contributed by atoms with Crippen LogP contribution in [0.15, 0.2) is 18.2 Å². The Morgan fingerprint density at radius 1 is 1.11 bits per heavy atom. The summed E-state index contributed by atoms with van der Waals surface area (Å²) in [7, 11) is 0. The van der Waals surface area contributed by atoms with Crippen molar-refractivity contribution in [1.29, 1.82) is 0 Å².